The van der Waals surface area contributed by atoms with Gasteiger partial charge in [-0.1, -0.05) is 0 Å². The predicted molar refractivity (Wildman–Crippen MR) is 68.8 cm³/mol. The molecular weight excluding hydrogens is 248 g/mol. The van der Waals surface area contributed by atoms with Crippen molar-refractivity contribution < 1.29 is 9.72 Å². The number of carbonyl (C=O) groups excluding carboxylic acids is 1. The minimum Gasteiger partial charge on any atom is -0.332 e. The van der Waals surface area contributed by atoms with Crippen LogP contribution in [0.3, 0.4) is 0 Å². The second-order valence-corrected chi connectivity index (χ2v) is 5.14. The van der Waals surface area contributed by atoms with Crippen LogP contribution in [0.5, 0.6) is 0 Å². The molecule has 7 heteroatoms. The molecule has 0 aromatic carbocycles. The summed E-state index contributed by atoms with van der Waals surface area (Å²) in [5.41, 5.74) is -0.287. The largest absolute Gasteiger partial charge is 0.332 e. The average molecular weight is 266 g/mol. The molecule has 104 valence electrons. The van der Waals surface area contributed by atoms with Crippen molar-refractivity contribution in [1.82, 2.24) is 14.7 Å². The van der Waals surface area contributed by atoms with E-state index in [4.69, 9.17) is 0 Å². The Balaban J connectivity index is 2.35. The molecule has 0 radical (unpaired) electrons. The van der Waals surface area contributed by atoms with Gasteiger partial charge in [0.05, 0.1) is 4.92 Å². The van der Waals surface area contributed by atoms with Crippen molar-refractivity contribution in [3.63, 3.8) is 0 Å². The highest BCUT2D eigenvalue weighted by molar-refractivity contribution is 5.96. The van der Waals surface area contributed by atoms with E-state index >= 15 is 0 Å². The smallest absolute Gasteiger partial charge is 0.320 e. The number of nitro groups is 1. The number of piperidine rings is 1. The van der Waals surface area contributed by atoms with Crippen molar-refractivity contribution in [2.45, 2.75) is 45.2 Å². The Morgan fingerprint density at radius 3 is 2.53 bits per heavy atom. The first kappa shape index (κ1) is 13.5. The third-order valence-electron chi connectivity index (χ3n) is 3.64. The molecule has 0 aliphatic carbocycles. The van der Waals surface area contributed by atoms with E-state index in [9.17, 15) is 14.9 Å². The number of hydrogen-bond donors (Lipinski definition) is 0. The van der Waals surface area contributed by atoms with Crippen LogP contribution in [0, 0.1) is 10.1 Å². The average Bonchev–Trinajstić information content (AvgIpc) is 2.71. The van der Waals surface area contributed by atoms with Gasteiger partial charge in [-0.2, -0.15) is 5.10 Å². The van der Waals surface area contributed by atoms with Crippen molar-refractivity contribution in [3.05, 3.63) is 22.0 Å². The SMILES string of the molecule is CC1CCCC(C)N1C(=O)c1nn(C)cc1[N+](=O)[O-]. The Hall–Kier alpha value is -1.92. The molecule has 1 aliphatic heterocycles. The molecule has 1 aliphatic rings. The van der Waals surface area contributed by atoms with Crippen LogP contribution in [0.1, 0.15) is 43.6 Å². The maximum atomic E-state index is 12.5. The maximum Gasteiger partial charge on any atom is 0.320 e. The van der Waals surface area contributed by atoms with Crippen molar-refractivity contribution in [2.24, 2.45) is 7.05 Å². The number of hydrogen-bond acceptors (Lipinski definition) is 4. The van der Waals surface area contributed by atoms with Gasteiger partial charge in [-0.05, 0) is 33.1 Å². The van der Waals surface area contributed by atoms with Crippen LogP contribution < -0.4 is 0 Å². The summed E-state index contributed by atoms with van der Waals surface area (Å²) in [4.78, 5) is 24.6. The van der Waals surface area contributed by atoms with Gasteiger partial charge in [0.15, 0.2) is 0 Å². The molecular formula is C12H18N4O3. The second kappa shape index (κ2) is 4.99. The van der Waals surface area contributed by atoms with Crippen molar-refractivity contribution in [3.8, 4) is 0 Å². The lowest BCUT2D eigenvalue weighted by Crippen LogP contribution is -2.47. The fourth-order valence-electron chi connectivity index (χ4n) is 2.71. The van der Waals surface area contributed by atoms with Gasteiger partial charge in [0.1, 0.15) is 6.20 Å². The normalized spacial score (nSPS) is 23.4. The minimum absolute atomic E-state index is 0.0619. The molecule has 0 spiro atoms. The molecule has 1 aromatic rings. The van der Waals surface area contributed by atoms with Crippen molar-refractivity contribution >= 4 is 11.6 Å². The summed E-state index contributed by atoms with van der Waals surface area (Å²) in [6.07, 6.45) is 4.20. The molecule has 0 N–H and O–H groups in total. The zero-order chi connectivity index (χ0) is 14.2. The van der Waals surface area contributed by atoms with Crippen molar-refractivity contribution in [1.29, 1.82) is 0 Å². The minimum atomic E-state index is -0.556. The van der Waals surface area contributed by atoms with E-state index in [1.807, 2.05) is 13.8 Å². The van der Waals surface area contributed by atoms with E-state index in [1.165, 1.54) is 10.9 Å². The molecule has 1 aromatic heterocycles. The summed E-state index contributed by atoms with van der Waals surface area (Å²) in [6, 6.07) is 0.190. The van der Waals surface area contributed by atoms with E-state index in [1.54, 1.807) is 11.9 Å². The van der Waals surface area contributed by atoms with Crippen LogP contribution in [-0.2, 0) is 7.05 Å². The van der Waals surface area contributed by atoms with Gasteiger partial charge in [0, 0.05) is 19.1 Å². The molecule has 1 amide bonds. The summed E-state index contributed by atoms with van der Waals surface area (Å²) in [5, 5.41) is 14.9. The molecule has 2 heterocycles. The summed E-state index contributed by atoms with van der Waals surface area (Å²) in [6.45, 7) is 3.95. The highest BCUT2D eigenvalue weighted by Gasteiger charge is 2.35. The number of aryl methyl sites for hydroxylation is 1. The first-order valence-electron chi connectivity index (χ1n) is 6.42. The summed E-state index contributed by atoms with van der Waals surface area (Å²) < 4.78 is 1.31. The lowest BCUT2D eigenvalue weighted by molar-refractivity contribution is -0.385. The van der Waals surface area contributed by atoms with Gasteiger partial charge < -0.3 is 4.90 Å². The standard InChI is InChI=1S/C12H18N4O3/c1-8-5-4-6-9(2)15(8)12(17)11-10(16(18)19)7-14(3)13-11/h7-9H,4-6H2,1-3H3. The third-order valence-corrected chi connectivity index (χ3v) is 3.64. The highest BCUT2D eigenvalue weighted by atomic mass is 16.6. The highest BCUT2D eigenvalue weighted by Crippen LogP contribution is 2.27. The first-order chi connectivity index (χ1) is 8.91. The molecule has 7 nitrogen and oxygen atoms in total. The third kappa shape index (κ3) is 2.45. The molecule has 0 bridgehead atoms. The quantitative estimate of drug-likeness (QED) is 0.603. The van der Waals surface area contributed by atoms with Crippen LogP contribution >= 0.6 is 0 Å². The van der Waals surface area contributed by atoms with Crippen LogP contribution in [-0.4, -0.2) is 37.6 Å². The van der Waals surface area contributed by atoms with Crippen LogP contribution in [0.15, 0.2) is 6.20 Å². The Morgan fingerprint density at radius 1 is 1.42 bits per heavy atom. The Kier molecular flexibility index (Phi) is 3.55. The maximum absolute atomic E-state index is 12.5. The predicted octanol–water partition coefficient (Wildman–Crippen LogP) is 1.73. The van der Waals surface area contributed by atoms with Crippen LogP contribution in [0.2, 0.25) is 0 Å². The number of nitrogens with zero attached hydrogens (tertiary/aromatic N) is 4. The number of aromatic nitrogens is 2. The molecule has 2 rings (SSSR count). The van der Waals surface area contributed by atoms with Gasteiger partial charge in [0.25, 0.3) is 5.91 Å². The molecule has 1 fully saturated rings. The van der Waals surface area contributed by atoms with Gasteiger partial charge in [-0.3, -0.25) is 19.6 Å². The second-order valence-electron chi connectivity index (χ2n) is 5.14. The van der Waals surface area contributed by atoms with E-state index in [-0.39, 0.29) is 29.4 Å². The van der Waals surface area contributed by atoms with Gasteiger partial charge in [-0.15, -0.1) is 0 Å². The van der Waals surface area contributed by atoms with Gasteiger partial charge in [0.2, 0.25) is 5.69 Å². The summed E-state index contributed by atoms with van der Waals surface area (Å²) in [7, 11) is 1.58. The van der Waals surface area contributed by atoms with Gasteiger partial charge >= 0.3 is 5.69 Å². The number of likely N-dealkylation sites (tertiary alicyclic amines) is 1. The molecule has 2 atom stereocenters. The monoisotopic (exact) mass is 266 g/mol. The Morgan fingerprint density at radius 2 is 2.00 bits per heavy atom. The van der Waals surface area contributed by atoms with Crippen LogP contribution in [0.25, 0.3) is 0 Å². The van der Waals surface area contributed by atoms with Gasteiger partial charge in [-0.25, -0.2) is 0 Å². The topological polar surface area (TPSA) is 81.3 Å². The fraction of sp³-hybridized carbons (Fsp3) is 0.667. The Bertz CT molecular complexity index is 501. The van der Waals surface area contributed by atoms with Crippen LogP contribution in [0.4, 0.5) is 5.69 Å². The fourth-order valence-corrected chi connectivity index (χ4v) is 2.71. The van der Waals surface area contributed by atoms with E-state index in [2.05, 4.69) is 5.10 Å². The lowest BCUT2D eigenvalue weighted by Gasteiger charge is -2.38. The zero-order valence-electron chi connectivity index (χ0n) is 11.4. The number of carbonyl (C=O) groups is 1. The van der Waals surface area contributed by atoms with E-state index in [0.717, 1.165) is 19.3 Å². The molecule has 19 heavy (non-hydrogen) atoms. The number of rotatable bonds is 2. The van der Waals surface area contributed by atoms with E-state index in [0.29, 0.717) is 0 Å². The number of amides is 1. The summed E-state index contributed by atoms with van der Waals surface area (Å²) in [5.74, 6) is -0.341. The van der Waals surface area contributed by atoms with Crippen molar-refractivity contribution in [2.75, 3.05) is 0 Å². The molecule has 2 unspecified atom stereocenters. The Labute approximate surface area is 111 Å². The van der Waals surface area contributed by atoms with E-state index < -0.39 is 4.92 Å². The molecule has 0 saturated carbocycles. The first-order valence-corrected chi connectivity index (χ1v) is 6.42. The lowest BCUT2D eigenvalue weighted by atomic mass is 9.97. The summed E-state index contributed by atoms with van der Waals surface area (Å²) >= 11 is 0. The molecule has 1 saturated heterocycles. The zero-order valence-corrected chi connectivity index (χ0v) is 11.4.